The molecule has 136 valence electrons. The Hall–Kier alpha value is -1.68. The number of methoxy groups -OCH3 is 1. The van der Waals surface area contributed by atoms with Gasteiger partial charge in [-0.05, 0) is 11.3 Å². The summed E-state index contributed by atoms with van der Waals surface area (Å²) in [6.45, 7) is 9.68. The van der Waals surface area contributed by atoms with Gasteiger partial charge in [0, 0.05) is 19.1 Å². The van der Waals surface area contributed by atoms with Crippen LogP contribution in [0.5, 0.6) is 0 Å². The van der Waals surface area contributed by atoms with Gasteiger partial charge in [-0.2, -0.15) is 0 Å². The van der Waals surface area contributed by atoms with E-state index in [0.717, 1.165) is 25.7 Å². The van der Waals surface area contributed by atoms with Crippen LogP contribution in [0.1, 0.15) is 39.4 Å². The number of rotatable bonds is 4. The zero-order valence-corrected chi connectivity index (χ0v) is 16.3. The van der Waals surface area contributed by atoms with E-state index in [-0.39, 0.29) is 24.0 Å². The van der Waals surface area contributed by atoms with Crippen molar-refractivity contribution in [2.24, 2.45) is 11.3 Å². The Morgan fingerprint density at radius 3 is 2.52 bits per heavy atom. The van der Waals surface area contributed by atoms with Gasteiger partial charge >= 0.3 is 5.97 Å². The number of carbonyl (C=O) groups excluding carboxylic acids is 1. The summed E-state index contributed by atoms with van der Waals surface area (Å²) in [5.41, 5.74) is 0.239. The molecule has 0 aromatic carbocycles. The van der Waals surface area contributed by atoms with E-state index in [4.69, 9.17) is 26.1 Å². The van der Waals surface area contributed by atoms with Crippen molar-refractivity contribution >= 4 is 30.1 Å². The van der Waals surface area contributed by atoms with Crippen molar-refractivity contribution in [1.29, 1.82) is 5.26 Å². The fourth-order valence-corrected chi connectivity index (χ4v) is 4.04. The Kier molecular flexibility index (Phi) is 6.05. The summed E-state index contributed by atoms with van der Waals surface area (Å²) >= 11 is 6.42. The number of ether oxygens (including phenoxy) is 1. The van der Waals surface area contributed by atoms with E-state index in [2.05, 4.69) is 16.0 Å². The molecule has 6 nitrogen and oxygen atoms in total. The summed E-state index contributed by atoms with van der Waals surface area (Å²) in [5, 5.41) is 13.4. The van der Waals surface area contributed by atoms with Gasteiger partial charge in [0.15, 0.2) is 11.6 Å². The van der Waals surface area contributed by atoms with Gasteiger partial charge in [-0.25, -0.2) is 5.26 Å². The molecule has 2 aliphatic heterocycles. The SMILES string of the molecule is CC.COC(=O)C(c1onc(N2CC3(CB(C#N)C3)C2)c1Cl)C(C)C. The average molecular weight is 366 g/mol. The number of hydrogen-bond donors (Lipinski definition) is 0. The molecule has 0 bridgehead atoms. The Bertz CT molecular complexity index is 657. The molecule has 25 heavy (non-hydrogen) atoms. The van der Waals surface area contributed by atoms with Crippen LogP contribution >= 0.6 is 11.6 Å². The highest BCUT2D eigenvalue weighted by Gasteiger charge is 2.55. The molecule has 0 amide bonds. The number of nitrogens with zero attached hydrogens (tertiary/aromatic N) is 3. The Balaban J connectivity index is 0.00000109. The van der Waals surface area contributed by atoms with E-state index in [1.165, 1.54) is 7.11 Å². The minimum atomic E-state index is -0.560. The van der Waals surface area contributed by atoms with E-state index in [1.807, 2.05) is 27.7 Å². The predicted molar refractivity (Wildman–Crippen MR) is 98.1 cm³/mol. The normalized spacial score (nSPS) is 18.6. The molecule has 1 aromatic rings. The molecule has 1 unspecified atom stereocenters. The summed E-state index contributed by atoms with van der Waals surface area (Å²) in [6.07, 6.45) is 1.89. The first kappa shape index (κ1) is 19.6. The van der Waals surface area contributed by atoms with Crippen LogP contribution in [-0.4, -0.2) is 38.0 Å². The minimum Gasteiger partial charge on any atom is -0.468 e. The lowest BCUT2D eigenvalue weighted by atomic mass is 9.26. The summed E-state index contributed by atoms with van der Waals surface area (Å²) in [5.74, 6) is 2.32. The second-order valence-corrected chi connectivity index (χ2v) is 7.40. The second-order valence-electron chi connectivity index (χ2n) is 7.02. The summed E-state index contributed by atoms with van der Waals surface area (Å²) in [6, 6.07) is 0. The van der Waals surface area contributed by atoms with Gasteiger partial charge in [-0.3, -0.25) is 4.79 Å². The van der Waals surface area contributed by atoms with Crippen molar-refractivity contribution in [2.75, 3.05) is 25.1 Å². The molecule has 0 aliphatic carbocycles. The molecule has 1 atom stereocenters. The maximum absolute atomic E-state index is 12.0. The maximum Gasteiger partial charge on any atom is 0.316 e. The van der Waals surface area contributed by atoms with E-state index in [9.17, 15) is 4.79 Å². The maximum atomic E-state index is 12.0. The van der Waals surface area contributed by atoms with Gasteiger partial charge in [0.05, 0.1) is 7.11 Å². The smallest absolute Gasteiger partial charge is 0.316 e. The third-order valence-corrected chi connectivity index (χ3v) is 5.30. The van der Waals surface area contributed by atoms with Crippen LogP contribution in [-0.2, 0) is 9.53 Å². The molecule has 1 spiro atoms. The molecule has 3 rings (SSSR count). The van der Waals surface area contributed by atoms with Gasteiger partial charge in [-0.1, -0.05) is 57.1 Å². The van der Waals surface area contributed by atoms with Gasteiger partial charge in [0.2, 0.25) is 0 Å². The van der Waals surface area contributed by atoms with Gasteiger partial charge in [0.25, 0.3) is 6.71 Å². The van der Waals surface area contributed by atoms with E-state index in [0.29, 0.717) is 16.6 Å². The zero-order valence-electron chi connectivity index (χ0n) is 15.5. The largest absolute Gasteiger partial charge is 0.468 e. The molecular weight excluding hydrogens is 340 g/mol. The average Bonchev–Trinajstić information content (AvgIpc) is 2.88. The molecule has 0 N–H and O–H groups in total. The number of anilines is 1. The topological polar surface area (TPSA) is 79.4 Å². The monoisotopic (exact) mass is 365 g/mol. The predicted octanol–water partition coefficient (Wildman–Crippen LogP) is 3.64. The molecule has 1 aromatic heterocycles. The fraction of sp³-hybridized carbons (Fsp3) is 0.706. The van der Waals surface area contributed by atoms with Crippen LogP contribution < -0.4 is 4.90 Å². The minimum absolute atomic E-state index is 0.00787. The number of hydrogen-bond acceptors (Lipinski definition) is 6. The molecule has 2 saturated heterocycles. The van der Waals surface area contributed by atoms with Gasteiger partial charge < -0.3 is 14.2 Å². The van der Waals surface area contributed by atoms with Crippen LogP contribution in [0, 0.1) is 22.6 Å². The van der Waals surface area contributed by atoms with Gasteiger partial charge in [0.1, 0.15) is 10.9 Å². The van der Waals surface area contributed by atoms with E-state index in [1.54, 1.807) is 0 Å². The number of aromatic nitrogens is 1. The fourth-order valence-electron chi connectivity index (χ4n) is 3.73. The van der Waals surface area contributed by atoms with Crippen LogP contribution in [0.15, 0.2) is 4.52 Å². The Morgan fingerprint density at radius 1 is 1.44 bits per heavy atom. The van der Waals surface area contributed by atoms with Crippen molar-refractivity contribution in [2.45, 2.75) is 46.3 Å². The highest BCUT2D eigenvalue weighted by atomic mass is 35.5. The van der Waals surface area contributed by atoms with Crippen LogP contribution in [0.2, 0.25) is 17.7 Å². The third kappa shape index (κ3) is 3.50. The second kappa shape index (κ2) is 7.69. The van der Waals surface area contributed by atoms with Crippen molar-refractivity contribution in [3.8, 4) is 5.97 Å². The quantitative estimate of drug-likeness (QED) is 0.598. The molecular formula is C17H25BClN3O3. The first-order valence-corrected chi connectivity index (χ1v) is 9.16. The van der Waals surface area contributed by atoms with E-state index < -0.39 is 5.92 Å². The summed E-state index contributed by atoms with van der Waals surface area (Å²) < 4.78 is 10.2. The van der Waals surface area contributed by atoms with Crippen molar-refractivity contribution in [1.82, 2.24) is 5.16 Å². The lowest BCUT2D eigenvalue weighted by Crippen LogP contribution is -2.64. The van der Waals surface area contributed by atoms with Crippen LogP contribution in [0.4, 0.5) is 5.82 Å². The zero-order chi connectivity index (χ0) is 18.8. The number of halogens is 1. The van der Waals surface area contributed by atoms with Crippen LogP contribution in [0.25, 0.3) is 0 Å². The molecule has 0 radical (unpaired) electrons. The van der Waals surface area contributed by atoms with Crippen LogP contribution in [0.3, 0.4) is 0 Å². The van der Waals surface area contributed by atoms with E-state index >= 15 is 0 Å². The van der Waals surface area contributed by atoms with Crippen molar-refractivity contribution in [3.63, 3.8) is 0 Å². The number of carbonyl (C=O) groups is 1. The first-order chi connectivity index (χ1) is 11.9. The van der Waals surface area contributed by atoms with Gasteiger partial charge in [-0.15, -0.1) is 0 Å². The lowest BCUT2D eigenvalue weighted by molar-refractivity contribution is -0.144. The standard InChI is InChI=1S/C15H19BClN3O3.C2H6/c1-9(2)10(14(21)22-3)12-11(17)13(19-23-12)20-6-15(7-20)4-16(5-15)8-18;1-2/h9-10H,4-7H2,1-3H3;1-2H3. The lowest BCUT2D eigenvalue weighted by Gasteiger charge is -2.57. The summed E-state index contributed by atoms with van der Waals surface area (Å²) in [7, 11) is 1.35. The highest BCUT2D eigenvalue weighted by Crippen LogP contribution is 2.51. The molecule has 3 heterocycles. The molecule has 2 fully saturated rings. The molecule has 8 heteroatoms. The first-order valence-electron chi connectivity index (χ1n) is 8.78. The van der Waals surface area contributed by atoms with Crippen molar-refractivity contribution in [3.05, 3.63) is 10.8 Å². The molecule has 2 aliphatic rings. The number of nitriles is 1. The molecule has 0 saturated carbocycles. The Labute approximate surface area is 154 Å². The summed E-state index contributed by atoms with van der Waals surface area (Å²) in [4.78, 5) is 14.0. The van der Waals surface area contributed by atoms with Crippen molar-refractivity contribution < 1.29 is 14.1 Å². The Morgan fingerprint density at radius 2 is 2.04 bits per heavy atom. The third-order valence-electron chi connectivity index (χ3n) is 4.94. The highest BCUT2D eigenvalue weighted by molar-refractivity contribution is 6.70. The number of esters is 1.